The lowest BCUT2D eigenvalue weighted by Crippen LogP contribution is -2.62. The van der Waals surface area contributed by atoms with Crippen LogP contribution < -0.4 is 5.19 Å². The van der Waals surface area contributed by atoms with Gasteiger partial charge < -0.3 is 8.85 Å². The van der Waals surface area contributed by atoms with Gasteiger partial charge in [0.2, 0.25) is 0 Å². The fraction of sp³-hybridized carbons (Fsp3) is 0.714. The van der Waals surface area contributed by atoms with Gasteiger partial charge in [-0.05, 0) is 35.8 Å². The van der Waals surface area contributed by atoms with Gasteiger partial charge in [0.15, 0.2) is 0 Å². The summed E-state index contributed by atoms with van der Waals surface area (Å²) in [5, 5.41) is 1.23. The zero-order valence-corrected chi connectivity index (χ0v) is 17.6. The highest BCUT2D eigenvalue weighted by Crippen LogP contribution is 2.43. The van der Waals surface area contributed by atoms with E-state index in [0.717, 1.165) is 12.3 Å². The summed E-state index contributed by atoms with van der Waals surface area (Å²) >= 11 is 0. The van der Waals surface area contributed by atoms with Crippen molar-refractivity contribution < 1.29 is 8.85 Å². The first kappa shape index (κ1) is 19.7. The third kappa shape index (κ3) is 3.95. The Labute approximate surface area is 150 Å². The Bertz CT molecular complexity index is 508. The van der Waals surface area contributed by atoms with Crippen LogP contribution in [-0.2, 0) is 8.85 Å². The Morgan fingerprint density at radius 3 is 2.21 bits per heavy atom. The minimum Gasteiger partial charge on any atom is -0.394 e. The summed E-state index contributed by atoms with van der Waals surface area (Å²) in [5.41, 5.74) is 0. The van der Waals surface area contributed by atoms with E-state index in [1.54, 1.807) is 0 Å². The van der Waals surface area contributed by atoms with Gasteiger partial charge in [-0.15, -0.1) is 0 Å². The van der Waals surface area contributed by atoms with Gasteiger partial charge in [-0.25, -0.2) is 0 Å². The highest BCUT2D eigenvalue weighted by Gasteiger charge is 2.53. The molecule has 0 aliphatic heterocycles. The fourth-order valence-electron chi connectivity index (χ4n) is 4.27. The monoisotopic (exact) mass is 348 g/mol. The summed E-state index contributed by atoms with van der Waals surface area (Å²) in [6.45, 7) is 13.9. The van der Waals surface area contributed by atoms with E-state index >= 15 is 0 Å². The largest absolute Gasteiger partial charge is 0.394 e. The van der Waals surface area contributed by atoms with Crippen molar-refractivity contribution in [1.29, 1.82) is 0 Å². The summed E-state index contributed by atoms with van der Waals surface area (Å²) in [6.07, 6.45) is 4.06. The average molecular weight is 349 g/mol. The van der Waals surface area contributed by atoms with Crippen molar-refractivity contribution in [1.82, 2.24) is 0 Å². The average Bonchev–Trinajstić information content (AvgIpc) is 2.52. The van der Waals surface area contributed by atoms with Gasteiger partial charge in [0, 0.05) is 12.1 Å². The number of benzene rings is 1. The molecule has 1 aromatic rings. The number of hydrogen-bond acceptors (Lipinski definition) is 2. The van der Waals surface area contributed by atoms with Crippen molar-refractivity contribution in [2.75, 3.05) is 7.11 Å². The van der Waals surface area contributed by atoms with Crippen LogP contribution in [0.5, 0.6) is 0 Å². The smallest absolute Gasteiger partial charge is 0.378 e. The van der Waals surface area contributed by atoms with Crippen LogP contribution in [0.15, 0.2) is 30.3 Å². The molecule has 24 heavy (non-hydrogen) atoms. The van der Waals surface area contributed by atoms with Gasteiger partial charge in [0.05, 0.1) is 6.10 Å². The maximum atomic E-state index is 7.04. The van der Waals surface area contributed by atoms with E-state index in [4.69, 9.17) is 8.85 Å². The maximum Gasteiger partial charge on any atom is 0.378 e. The molecule has 1 aliphatic carbocycles. The molecule has 1 fully saturated rings. The third-order valence-corrected chi connectivity index (χ3v) is 9.99. The SMILES string of the molecule is CO[Si](OC1CC(C)CCC1C(C)C)(c1ccccc1)C(C)(C)C. The first-order chi connectivity index (χ1) is 11.2. The van der Waals surface area contributed by atoms with E-state index in [1.807, 2.05) is 7.11 Å². The summed E-state index contributed by atoms with van der Waals surface area (Å²) < 4.78 is 13.3. The Hall–Kier alpha value is -0.643. The first-order valence-electron chi connectivity index (χ1n) is 9.49. The molecule has 0 bridgehead atoms. The molecule has 4 unspecified atom stereocenters. The molecule has 0 saturated heterocycles. The standard InChI is InChI=1S/C21H36O2Si/c1-16(2)19-14-13-17(3)15-20(19)23-24(22-7,21(4,5)6)18-11-9-8-10-12-18/h8-12,16-17,19-20H,13-15H2,1-7H3. The van der Waals surface area contributed by atoms with E-state index in [2.05, 4.69) is 71.9 Å². The molecule has 1 aliphatic rings. The zero-order chi connectivity index (χ0) is 18.0. The van der Waals surface area contributed by atoms with Crippen LogP contribution in [0.1, 0.15) is 60.8 Å². The van der Waals surface area contributed by atoms with Gasteiger partial charge in [0.1, 0.15) is 0 Å². The van der Waals surface area contributed by atoms with Crippen LogP contribution in [-0.4, -0.2) is 21.8 Å². The van der Waals surface area contributed by atoms with E-state index in [0.29, 0.717) is 17.9 Å². The second kappa shape index (κ2) is 7.71. The normalized spacial score (nSPS) is 27.9. The van der Waals surface area contributed by atoms with E-state index in [-0.39, 0.29) is 5.04 Å². The van der Waals surface area contributed by atoms with Gasteiger partial charge in [0.25, 0.3) is 0 Å². The van der Waals surface area contributed by atoms with Gasteiger partial charge in [-0.3, -0.25) is 0 Å². The maximum absolute atomic E-state index is 7.04. The van der Waals surface area contributed by atoms with E-state index in [1.165, 1.54) is 18.0 Å². The predicted octanol–water partition coefficient (Wildman–Crippen LogP) is 5.26. The third-order valence-electron chi connectivity index (χ3n) is 5.71. The molecule has 0 aromatic heterocycles. The lowest BCUT2D eigenvalue weighted by atomic mass is 9.75. The van der Waals surface area contributed by atoms with Crippen LogP contribution in [0.3, 0.4) is 0 Å². The molecule has 2 rings (SSSR count). The van der Waals surface area contributed by atoms with Crippen molar-refractivity contribution in [3.8, 4) is 0 Å². The fourth-order valence-corrected chi connectivity index (χ4v) is 7.90. The Balaban J connectivity index is 2.41. The number of hydrogen-bond donors (Lipinski definition) is 0. The number of rotatable bonds is 5. The molecule has 0 heterocycles. The highest BCUT2D eigenvalue weighted by atomic mass is 28.4. The van der Waals surface area contributed by atoms with Crippen molar-refractivity contribution in [2.24, 2.45) is 17.8 Å². The molecule has 4 atom stereocenters. The molecule has 3 heteroatoms. The minimum absolute atomic E-state index is 0.0225. The zero-order valence-electron chi connectivity index (χ0n) is 16.6. The van der Waals surface area contributed by atoms with Crippen molar-refractivity contribution in [3.63, 3.8) is 0 Å². The molecule has 0 radical (unpaired) electrons. The molecule has 2 nitrogen and oxygen atoms in total. The second-order valence-electron chi connectivity index (χ2n) is 8.92. The second-order valence-corrected chi connectivity index (χ2v) is 12.9. The minimum atomic E-state index is -2.55. The quantitative estimate of drug-likeness (QED) is 0.676. The van der Waals surface area contributed by atoms with Crippen molar-refractivity contribution in [2.45, 2.75) is 71.9 Å². The van der Waals surface area contributed by atoms with Crippen molar-refractivity contribution in [3.05, 3.63) is 30.3 Å². The van der Waals surface area contributed by atoms with Gasteiger partial charge >= 0.3 is 8.56 Å². The van der Waals surface area contributed by atoms with Crippen LogP contribution in [0.25, 0.3) is 0 Å². The topological polar surface area (TPSA) is 18.5 Å². The summed E-state index contributed by atoms with van der Waals surface area (Å²) in [7, 11) is -0.704. The Kier molecular flexibility index (Phi) is 6.33. The van der Waals surface area contributed by atoms with Crippen LogP contribution in [0, 0.1) is 17.8 Å². The lowest BCUT2D eigenvalue weighted by molar-refractivity contribution is 0.0146. The van der Waals surface area contributed by atoms with E-state index < -0.39 is 8.56 Å². The molecule has 1 saturated carbocycles. The van der Waals surface area contributed by atoms with Crippen molar-refractivity contribution >= 4 is 13.7 Å². The molecule has 1 aromatic carbocycles. The molecule has 0 spiro atoms. The highest BCUT2D eigenvalue weighted by molar-refractivity contribution is 6.83. The Morgan fingerprint density at radius 1 is 1.08 bits per heavy atom. The first-order valence-corrected chi connectivity index (χ1v) is 11.3. The molecule has 0 amide bonds. The van der Waals surface area contributed by atoms with Crippen LogP contribution in [0.4, 0.5) is 0 Å². The summed E-state index contributed by atoms with van der Waals surface area (Å²) in [5.74, 6) is 2.03. The van der Waals surface area contributed by atoms with E-state index in [9.17, 15) is 0 Å². The van der Waals surface area contributed by atoms with Crippen LogP contribution >= 0.6 is 0 Å². The molecular formula is C21H36O2Si. The van der Waals surface area contributed by atoms with Crippen LogP contribution in [0.2, 0.25) is 5.04 Å². The molecular weight excluding hydrogens is 312 g/mol. The van der Waals surface area contributed by atoms with Gasteiger partial charge in [-0.2, -0.15) is 0 Å². The summed E-state index contributed by atoms with van der Waals surface area (Å²) in [6, 6.07) is 10.7. The Morgan fingerprint density at radius 2 is 1.71 bits per heavy atom. The molecule has 136 valence electrons. The lowest BCUT2D eigenvalue weighted by Gasteiger charge is -2.47. The molecule has 0 N–H and O–H groups in total. The van der Waals surface area contributed by atoms with Gasteiger partial charge in [-0.1, -0.05) is 78.3 Å². The predicted molar refractivity (Wildman–Crippen MR) is 105 cm³/mol. The summed E-state index contributed by atoms with van der Waals surface area (Å²) in [4.78, 5) is 0.